The van der Waals surface area contributed by atoms with Crippen molar-refractivity contribution in [2.45, 2.75) is 46.1 Å². The maximum atomic E-state index is 9.69. The Bertz CT molecular complexity index is 111. The molecular formula is C9H20O2. The monoisotopic (exact) mass is 160 g/mol. The Balaban J connectivity index is 3.91. The second-order valence-electron chi connectivity index (χ2n) is 4.71. The molecule has 11 heavy (non-hydrogen) atoms. The van der Waals surface area contributed by atoms with E-state index in [-0.39, 0.29) is 12.0 Å². The molecule has 0 spiro atoms. The lowest BCUT2D eigenvalue weighted by molar-refractivity contribution is -0.00147. The molecule has 0 aromatic carbocycles. The van der Waals surface area contributed by atoms with E-state index in [0.29, 0.717) is 6.42 Å². The molecule has 0 aromatic rings. The third-order valence-electron chi connectivity index (χ3n) is 1.56. The summed E-state index contributed by atoms with van der Waals surface area (Å²) in [5.41, 5.74) is -0.592. The molecule has 2 nitrogen and oxygen atoms in total. The normalized spacial score (nSPS) is 18.0. The van der Waals surface area contributed by atoms with Gasteiger partial charge in [-0.05, 0) is 25.2 Å². The van der Waals surface area contributed by atoms with E-state index in [9.17, 15) is 5.11 Å². The second-order valence-corrected chi connectivity index (χ2v) is 4.71. The van der Waals surface area contributed by atoms with Gasteiger partial charge in [0.15, 0.2) is 0 Å². The predicted octanol–water partition coefficient (Wildman–Crippen LogP) is 1.56. The average Bonchev–Trinajstić information content (AvgIpc) is 1.55. The summed E-state index contributed by atoms with van der Waals surface area (Å²) < 4.78 is 0. The van der Waals surface area contributed by atoms with Crippen molar-refractivity contribution in [1.82, 2.24) is 0 Å². The number of hydrogen-bond acceptors (Lipinski definition) is 2. The van der Waals surface area contributed by atoms with E-state index in [1.807, 2.05) is 0 Å². The highest BCUT2D eigenvalue weighted by Gasteiger charge is 2.26. The molecule has 2 N–H and O–H groups in total. The van der Waals surface area contributed by atoms with Crippen LogP contribution in [0.4, 0.5) is 0 Å². The minimum Gasteiger partial charge on any atom is -0.396 e. The first-order valence-corrected chi connectivity index (χ1v) is 4.10. The van der Waals surface area contributed by atoms with Crippen LogP contribution in [0.25, 0.3) is 0 Å². The van der Waals surface area contributed by atoms with E-state index in [4.69, 9.17) is 5.11 Å². The zero-order chi connectivity index (χ0) is 9.12. The molecule has 0 aliphatic carbocycles. The molecule has 68 valence electrons. The molecule has 1 unspecified atom stereocenters. The first-order valence-electron chi connectivity index (χ1n) is 4.10. The van der Waals surface area contributed by atoms with Crippen LogP contribution in [0.1, 0.15) is 40.5 Å². The highest BCUT2D eigenvalue weighted by Crippen LogP contribution is 2.28. The van der Waals surface area contributed by atoms with Crippen LogP contribution in [-0.2, 0) is 0 Å². The predicted molar refractivity (Wildman–Crippen MR) is 46.4 cm³/mol. The Kier molecular flexibility index (Phi) is 3.52. The van der Waals surface area contributed by atoms with E-state index in [2.05, 4.69) is 20.8 Å². The first kappa shape index (κ1) is 10.9. The summed E-state index contributed by atoms with van der Waals surface area (Å²) in [5.74, 6) is 0. The largest absolute Gasteiger partial charge is 0.396 e. The van der Waals surface area contributed by atoms with Gasteiger partial charge in [-0.1, -0.05) is 20.8 Å². The van der Waals surface area contributed by atoms with Crippen LogP contribution in [0, 0.1) is 5.41 Å². The molecular weight excluding hydrogens is 140 g/mol. The fourth-order valence-corrected chi connectivity index (χ4v) is 1.47. The summed E-state index contributed by atoms with van der Waals surface area (Å²) in [7, 11) is 0. The van der Waals surface area contributed by atoms with Crippen molar-refractivity contribution in [2.75, 3.05) is 6.61 Å². The number of aliphatic hydroxyl groups is 2. The molecule has 1 atom stereocenters. The molecule has 0 aliphatic rings. The van der Waals surface area contributed by atoms with Gasteiger partial charge >= 0.3 is 0 Å². The van der Waals surface area contributed by atoms with Crippen LogP contribution in [0.15, 0.2) is 0 Å². The molecule has 0 amide bonds. The molecule has 0 saturated heterocycles. The lowest BCUT2D eigenvalue weighted by Crippen LogP contribution is -2.31. The van der Waals surface area contributed by atoms with Crippen LogP contribution >= 0.6 is 0 Å². The fraction of sp³-hybridized carbons (Fsp3) is 1.00. The van der Waals surface area contributed by atoms with Crippen molar-refractivity contribution < 1.29 is 10.2 Å². The number of aliphatic hydroxyl groups excluding tert-OH is 1. The third kappa shape index (κ3) is 6.32. The molecule has 0 saturated carbocycles. The van der Waals surface area contributed by atoms with Crippen molar-refractivity contribution in [1.29, 1.82) is 0 Å². The first-order chi connectivity index (χ1) is 4.77. The van der Waals surface area contributed by atoms with Gasteiger partial charge in [-0.3, -0.25) is 0 Å². The minimum atomic E-state index is -0.715. The Morgan fingerprint density at radius 2 is 1.55 bits per heavy atom. The van der Waals surface area contributed by atoms with E-state index in [1.54, 1.807) is 6.92 Å². The summed E-state index contributed by atoms with van der Waals surface area (Å²) in [6, 6.07) is 0. The zero-order valence-electron chi connectivity index (χ0n) is 8.02. The standard InChI is InChI=1S/C9H20O2/c1-8(2,3)7-9(4,11)5-6-10/h10-11H,5-7H2,1-4H3. The van der Waals surface area contributed by atoms with Crippen LogP contribution in [-0.4, -0.2) is 22.4 Å². The van der Waals surface area contributed by atoms with Gasteiger partial charge in [-0.25, -0.2) is 0 Å². The second kappa shape index (κ2) is 3.55. The smallest absolute Gasteiger partial charge is 0.0646 e. The summed E-state index contributed by atoms with van der Waals surface area (Å²) in [5, 5.41) is 18.3. The minimum absolute atomic E-state index is 0.0586. The highest BCUT2D eigenvalue weighted by atomic mass is 16.3. The van der Waals surface area contributed by atoms with Crippen molar-refractivity contribution in [3.8, 4) is 0 Å². The van der Waals surface area contributed by atoms with Gasteiger partial charge in [0.25, 0.3) is 0 Å². The van der Waals surface area contributed by atoms with Crippen molar-refractivity contribution in [3.05, 3.63) is 0 Å². The summed E-state index contributed by atoms with van der Waals surface area (Å²) in [4.78, 5) is 0. The van der Waals surface area contributed by atoms with Gasteiger partial charge in [-0.15, -0.1) is 0 Å². The van der Waals surface area contributed by atoms with Crippen LogP contribution in [0.5, 0.6) is 0 Å². The SMILES string of the molecule is CC(C)(C)CC(C)(O)CCO. The number of rotatable bonds is 3. The van der Waals surface area contributed by atoms with Crippen molar-refractivity contribution >= 4 is 0 Å². The maximum Gasteiger partial charge on any atom is 0.0646 e. The Morgan fingerprint density at radius 1 is 1.09 bits per heavy atom. The fourth-order valence-electron chi connectivity index (χ4n) is 1.47. The maximum absolute atomic E-state index is 9.69. The van der Waals surface area contributed by atoms with Gasteiger partial charge in [0.2, 0.25) is 0 Å². The Morgan fingerprint density at radius 3 is 1.82 bits per heavy atom. The molecule has 2 heteroatoms. The van der Waals surface area contributed by atoms with Gasteiger partial charge in [-0.2, -0.15) is 0 Å². The summed E-state index contributed by atoms with van der Waals surface area (Å²) in [6.45, 7) is 8.08. The van der Waals surface area contributed by atoms with E-state index >= 15 is 0 Å². The lowest BCUT2D eigenvalue weighted by atomic mass is 9.81. The average molecular weight is 160 g/mol. The van der Waals surface area contributed by atoms with Crippen LogP contribution in [0.3, 0.4) is 0 Å². The topological polar surface area (TPSA) is 40.5 Å². The van der Waals surface area contributed by atoms with E-state index in [1.165, 1.54) is 0 Å². The highest BCUT2D eigenvalue weighted by molar-refractivity contribution is 4.78. The van der Waals surface area contributed by atoms with Crippen molar-refractivity contribution in [3.63, 3.8) is 0 Å². The molecule has 0 radical (unpaired) electrons. The van der Waals surface area contributed by atoms with Gasteiger partial charge < -0.3 is 10.2 Å². The molecule has 0 rings (SSSR count). The number of hydrogen-bond donors (Lipinski definition) is 2. The zero-order valence-corrected chi connectivity index (χ0v) is 8.02. The molecule has 0 bridgehead atoms. The Hall–Kier alpha value is -0.0800. The third-order valence-corrected chi connectivity index (χ3v) is 1.56. The molecule has 0 heterocycles. The lowest BCUT2D eigenvalue weighted by Gasteiger charge is -2.30. The van der Waals surface area contributed by atoms with Gasteiger partial charge in [0.1, 0.15) is 0 Å². The van der Waals surface area contributed by atoms with Crippen LogP contribution < -0.4 is 0 Å². The van der Waals surface area contributed by atoms with E-state index in [0.717, 1.165) is 6.42 Å². The Labute approximate surface area is 69.2 Å². The molecule has 0 fully saturated rings. The van der Waals surface area contributed by atoms with Gasteiger partial charge in [0, 0.05) is 6.61 Å². The van der Waals surface area contributed by atoms with Crippen molar-refractivity contribution in [2.24, 2.45) is 5.41 Å². The van der Waals surface area contributed by atoms with Gasteiger partial charge in [0.05, 0.1) is 5.60 Å². The van der Waals surface area contributed by atoms with Crippen LogP contribution in [0.2, 0.25) is 0 Å². The molecule has 0 aromatic heterocycles. The quantitative estimate of drug-likeness (QED) is 0.657. The summed E-state index contributed by atoms with van der Waals surface area (Å²) >= 11 is 0. The van der Waals surface area contributed by atoms with E-state index < -0.39 is 5.60 Å². The molecule has 0 aliphatic heterocycles. The summed E-state index contributed by atoms with van der Waals surface area (Å²) in [6.07, 6.45) is 1.19.